The number of hydrogen-bond donors (Lipinski definition) is 1. The molecule has 0 spiro atoms. The van der Waals surface area contributed by atoms with Crippen LogP contribution in [0.3, 0.4) is 0 Å². The molecule has 1 N–H and O–H groups in total. The van der Waals surface area contributed by atoms with Crippen LogP contribution in [0.15, 0.2) is 11.6 Å². The Hall–Kier alpha value is -1.52. The number of carbonyl (C=O) groups is 2. The van der Waals surface area contributed by atoms with E-state index in [0.29, 0.717) is 32.1 Å². The summed E-state index contributed by atoms with van der Waals surface area (Å²) in [5.74, 6) is 2.82. The number of hydrogen-bond acceptors (Lipinski definition) is 2. The van der Waals surface area contributed by atoms with E-state index in [0.717, 1.165) is 50.0 Å². The Labute approximate surface area is 175 Å². The predicted octanol–water partition coefficient (Wildman–Crippen LogP) is 3.95. The van der Waals surface area contributed by atoms with E-state index in [4.69, 9.17) is 0 Å². The summed E-state index contributed by atoms with van der Waals surface area (Å²) in [4.78, 5) is 30.0. The first-order chi connectivity index (χ1) is 14.1. The highest BCUT2D eigenvalue weighted by molar-refractivity contribution is 5.84. The molecule has 0 aromatic rings. The maximum absolute atomic E-state index is 13.5. The summed E-state index contributed by atoms with van der Waals surface area (Å²) in [6.07, 6.45) is 15.8. The molecule has 0 aromatic carbocycles. The molecule has 5 nitrogen and oxygen atoms in total. The van der Waals surface area contributed by atoms with Crippen molar-refractivity contribution in [1.82, 2.24) is 15.1 Å². The molecule has 1 saturated heterocycles. The molecule has 5 heteroatoms. The van der Waals surface area contributed by atoms with Crippen molar-refractivity contribution in [3.05, 3.63) is 11.6 Å². The summed E-state index contributed by atoms with van der Waals surface area (Å²) in [7, 11) is 0. The van der Waals surface area contributed by atoms with E-state index in [2.05, 4.69) is 16.3 Å². The number of nitrogens with one attached hydrogen (secondary N) is 1. The van der Waals surface area contributed by atoms with Gasteiger partial charge >= 0.3 is 6.03 Å². The number of urea groups is 1. The Morgan fingerprint density at radius 3 is 2.14 bits per heavy atom. The second-order valence-corrected chi connectivity index (χ2v) is 10.6. The van der Waals surface area contributed by atoms with Crippen LogP contribution in [0.4, 0.5) is 4.79 Å². The minimum absolute atomic E-state index is 0.0447. The maximum atomic E-state index is 13.5. The first kappa shape index (κ1) is 19.4. The van der Waals surface area contributed by atoms with Crippen molar-refractivity contribution in [1.29, 1.82) is 0 Å². The second kappa shape index (κ2) is 7.96. The van der Waals surface area contributed by atoms with Gasteiger partial charge in [0.1, 0.15) is 0 Å². The van der Waals surface area contributed by atoms with Crippen molar-refractivity contribution < 1.29 is 9.59 Å². The van der Waals surface area contributed by atoms with Gasteiger partial charge in [0.2, 0.25) is 5.91 Å². The standard InChI is InChI=1S/C24H37N3O2/c28-22(24-15-19-12-20(16-24)14-21(13-19)17-24)26-8-10-27(11-9-26)23(29)25-7-6-18-4-2-1-3-5-18/h4,19-21H,1-3,5-17H2,(H,25,29). The van der Waals surface area contributed by atoms with E-state index in [1.165, 1.54) is 50.5 Å². The lowest BCUT2D eigenvalue weighted by atomic mass is 9.49. The number of amides is 3. The van der Waals surface area contributed by atoms with Crippen LogP contribution in [-0.2, 0) is 4.79 Å². The molecule has 0 radical (unpaired) electrons. The summed E-state index contributed by atoms with van der Waals surface area (Å²) in [5.41, 5.74) is 1.45. The molecular weight excluding hydrogens is 362 g/mol. The summed E-state index contributed by atoms with van der Waals surface area (Å²) < 4.78 is 0. The molecule has 6 rings (SSSR count). The zero-order chi connectivity index (χ0) is 19.8. The lowest BCUT2D eigenvalue weighted by Crippen LogP contribution is -2.59. The summed E-state index contributed by atoms with van der Waals surface area (Å²) in [6.45, 7) is 3.49. The molecule has 5 aliphatic carbocycles. The molecule has 4 saturated carbocycles. The lowest BCUT2D eigenvalue weighted by molar-refractivity contribution is -0.159. The molecule has 4 bridgehead atoms. The average Bonchev–Trinajstić information content (AvgIpc) is 2.73. The Morgan fingerprint density at radius 1 is 0.931 bits per heavy atom. The average molecular weight is 400 g/mol. The number of nitrogens with zero attached hydrogens (tertiary/aromatic N) is 2. The molecule has 6 aliphatic rings. The van der Waals surface area contributed by atoms with Gasteiger partial charge in [-0.05, 0) is 88.4 Å². The fourth-order valence-corrected chi connectivity index (χ4v) is 7.39. The molecule has 1 aliphatic heterocycles. The summed E-state index contributed by atoms with van der Waals surface area (Å²) in [5, 5.41) is 3.09. The minimum atomic E-state index is -0.0487. The quantitative estimate of drug-likeness (QED) is 0.728. The summed E-state index contributed by atoms with van der Waals surface area (Å²) in [6, 6.07) is 0.0447. The van der Waals surface area contributed by atoms with Crippen molar-refractivity contribution >= 4 is 11.9 Å². The third-order valence-electron chi connectivity index (χ3n) is 8.45. The molecule has 160 valence electrons. The van der Waals surface area contributed by atoms with Gasteiger partial charge in [-0.2, -0.15) is 0 Å². The van der Waals surface area contributed by atoms with Crippen LogP contribution >= 0.6 is 0 Å². The molecule has 3 amide bonds. The third-order valence-corrected chi connectivity index (χ3v) is 8.45. The number of piperazine rings is 1. The van der Waals surface area contributed by atoms with Crippen molar-refractivity contribution in [2.75, 3.05) is 32.7 Å². The highest BCUT2D eigenvalue weighted by Gasteiger charge is 2.55. The van der Waals surface area contributed by atoms with E-state index in [1.807, 2.05) is 4.90 Å². The van der Waals surface area contributed by atoms with E-state index < -0.39 is 0 Å². The molecule has 29 heavy (non-hydrogen) atoms. The molecule has 0 aromatic heterocycles. The van der Waals surface area contributed by atoms with Crippen LogP contribution in [0.2, 0.25) is 0 Å². The first-order valence-corrected chi connectivity index (χ1v) is 12.1. The zero-order valence-corrected chi connectivity index (χ0v) is 17.8. The zero-order valence-electron chi connectivity index (χ0n) is 17.8. The number of allylic oxidation sites excluding steroid dienone is 1. The minimum Gasteiger partial charge on any atom is -0.339 e. The van der Waals surface area contributed by atoms with Crippen LogP contribution in [0, 0.1) is 23.2 Å². The number of rotatable bonds is 4. The fourth-order valence-electron chi connectivity index (χ4n) is 7.39. The molecular formula is C24H37N3O2. The van der Waals surface area contributed by atoms with Crippen LogP contribution in [0.25, 0.3) is 0 Å². The molecule has 5 fully saturated rings. The van der Waals surface area contributed by atoms with Gasteiger partial charge in [0, 0.05) is 32.7 Å². The van der Waals surface area contributed by atoms with E-state index >= 15 is 0 Å². The van der Waals surface area contributed by atoms with Gasteiger partial charge in [0.05, 0.1) is 5.41 Å². The number of carbonyl (C=O) groups excluding carboxylic acids is 2. The Morgan fingerprint density at radius 2 is 1.55 bits per heavy atom. The SMILES string of the molecule is O=C(NCCC1=CCCCC1)N1CCN(C(=O)C23CC4CC(CC(C4)C2)C3)CC1. The molecule has 0 atom stereocenters. The lowest BCUT2D eigenvalue weighted by Gasteiger charge is -2.57. The van der Waals surface area contributed by atoms with Gasteiger partial charge in [-0.1, -0.05) is 11.6 Å². The van der Waals surface area contributed by atoms with Gasteiger partial charge < -0.3 is 15.1 Å². The van der Waals surface area contributed by atoms with Crippen molar-refractivity contribution in [3.8, 4) is 0 Å². The highest BCUT2D eigenvalue weighted by Crippen LogP contribution is 2.60. The first-order valence-electron chi connectivity index (χ1n) is 12.1. The predicted molar refractivity (Wildman–Crippen MR) is 113 cm³/mol. The fraction of sp³-hybridized carbons (Fsp3) is 0.833. The smallest absolute Gasteiger partial charge is 0.317 e. The highest BCUT2D eigenvalue weighted by atomic mass is 16.2. The van der Waals surface area contributed by atoms with Crippen molar-refractivity contribution in [3.63, 3.8) is 0 Å². The largest absolute Gasteiger partial charge is 0.339 e. The van der Waals surface area contributed by atoms with Crippen LogP contribution in [-0.4, -0.2) is 54.5 Å². The van der Waals surface area contributed by atoms with Gasteiger partial charge in [0.15, 0.2) is 0 Å². The van der Waals surface area contributed by atoms with Crippen molar-refractivity contribution in [2.24, 2.45) is 23.2 Å². The Kier molecular flexibility index (Phi) is 5.34. The van der Waals surface area contributed by atoms with Crippen LogP contribution < -0.4 is 5.32 Å². The normalized spacial score (nSPS) is 36.1. The topological polar surface area (TPSA) is 52.7 Å². The maximum Gasteiger partial charge on any atom is 0.317 e. The van der Waals surface area contributed by atoms with Gasteiger partial charge in [-0.25, -0.2) is 4.79 Å². The Bertz CT molecular complexity index is 642. The van der Waals surface area contributed by atoms with Crippen molar-refractivity contribution in [2.45, 2.75) is 70.6 Å². The second-order valence-electron chi connectivity index (χ2n) is 10.6. The van der Waals surface area contributed by atoms with Gasteiger partial charge in [-0.15, -0.1) is 0 Å². The monoisotopic (exact) mass is 399 g/mol. The van der Waals surface area contributed by atoms with Crippen LogP contribution in [0.1, 0.15) is 70.6 Å². The molecule has 0 unspecified atom stereocenters. The third kappa shape index (κ3) is 3.94. The van der Waals surface area contributed by atoms with E-state index in [9.17, 15) is 9.59 Å². The summed E-state index contributed by atoms with van der Waals surface area (Å²) >= 11 is 0. The Balaban J connectivity index is 1.09. The molecule has 1 heterocycles. The van der Waals surface area contributed by atoms with Gasteiger partial charge in [0.25, 0.3) is 0 Å². The van der Waals surface area contributed by atoms with E-state index in [1.54, 1.807) is 0 Å². The van der Waals surface area contributed by atoms with Gasteiger partial charge in [-0.3, -0.25) is 4.79 Å². The van der Waals surface area contributed by atoms with E-state index in [-0.39, 0.29) is 11.4 Å². The van der Waals surface area contributed by atoms with Crippen LogP contribution in [0.5, 0.6) is 0 Å².